The first kappa shape index (κ1) is 80.8. The summed E-state index contributed by atoms with van der Waals surface area (Å²) in [5, 5.41) is 21.8. The Bertz CT molecular complexity index is 1510. The maximum atomic E-state index is 13.3. The summed E-state index contributed by atoms with van der Waals surface area (Å²) in [5.41, 5.74) is 0. The van der Waals surface area contributed by atoms with Gasteiger partial charge in [-0.25, -0.2) is 18.3 Å². The summed E-state index contributed by atoms with van der Waals surface area (Å²) < 4.78 is 82.1. The van der Waals surface area contributed by atoms with Gasteiger partial charge in [0.05, 0.1) is 6.61 Å². The number of phosphoric acid groups is 4. The number of esters is 2. The molecule has 0 bridgehead atoms. The second-order valence-electron chi connectivity index (χ2n) is 17.3. The molecule has 3 unspecified atom stereocenters. The quantitative estimate of drug-likeness (QED) is 0.0122. The Morgan fingerprint density at radius 1 is 0.408 bits per heavy atom. The molecule has 0 aromatic heterocycles. The SMILES string of the molecule is CCCCCCCCCCCCCCCC(=O)OC[C@H](COP(=O)(O)OC1[C@@H](O)[C@H](OP(=O)(O)O)C(OP(=O)(O)O)[C@H](OP(=O)(O)O)[C@@H]1O)OC(=O)CCCCCCCCCCCCCCC.[Na+].[Na+].[Na+].[Na+]. The van der Waals surface area contributed by atoms with E-state index < -0.39 is 99.2 Å². The van der Waals surface area contributed by atoms with Gasteiger partial charge in [0, 0.05) is 12.8 Å². The van der Waals surface area contributed by atoms with E-state index in [1.807, 2.05) is 0 Å². The molecule has 398 valence electrons. The number of hydrogen-bond donors (Lipinski definition) is 9. The van der Waals surface area contributed by atoms with E-state index in [0.717, 1.165) is 64.2 Å². The van der Waals surface area contributed by atoms with Crippen LogP contribution in [0.4, 0.5) is 0 Å². The summed E-state index contributed by atoms with van der Waals surface area (Å²) in [5.74, 6) is -1.39. The van der Waals surface area contributed by atoms with Gasteiger partial charge in [-0.2, -0.15) is 0 Å². The smallest absolute Gasteiger partial charge is 0.462 e. The van der Waals surface area contributed by atoms with E-state index in [0.29, 0.717) is 12.8 Å². The Morgan fingerprint density at radius 2 is 0.704 bits per heavy atom. The maximum Gasteiger partial charge on any atom is 1.00 e. The van der Waals surface area contributed by atoms with Crippen LogP contribution in [0.1, 0.15) is 194 Å². The molecule has 0 aliphatic heterocycles. The topological polar surface area (TPSA) is 349 Å². The van der Waals surface area contributed by atoms with E-state index in [1.165, 1.54) is 89.9 Å². The number of hydrogen-bond acceptors (Lipinski definition) is 15. The summed E-state index contributed by atoms with van der Waals surface area (Å²) in [6.07, 6.45) is 10.4. The Balaban J connectivity index is -0.00000561. The third-order valence-corrected chi connectivity index (χ3v) is 13.7. The second-order valence-corrected chi connectivity index (χ2v) is 22.3. The molecule has 1 fully saturated rings. The van der Waals surface area contributed by atoms with Crippen LogP contribution in [-0.2, 0) is 59.9 Å². The van der Waals surface area contributed by atoms with Crippen LogP contribution in [0.3, 0.4) is 0 Å². The van der Waals surface area contributed by atoms with Crippen LogP contribution in [0.5, 0.6) is 0 Å². The molecule has 30 heteroatoms. The average molecular weight is 1140 g/mol. The Kier molecular flexibility index (Phi) is 52.3. The first-order valence-electron chi connectivity index (χ1n) is 24.1. The molecule has 0 radical (unpaired) electrons. The first-order chi connectivity index (χ1) is 31.5. The standard InChI is InChI=1S/C41H82O22P4.4Na/c1-3-5-7-9-11-13-15-17-19-21-23-25-27-29-34(42)57-31-33(59-35(43)30-28-26-24-22-20-18-16-14-12-10-8-6-4-2)32-58-67(55,56)63-38-36(44)39(60-64(46,47)48)41(62-66(52,53)54)40(37(38)45)61-65(49,50)51;;;;/h33,36-41,44-45H,3-32H2,1-2H3,(H,55,56)(H2,46,47,48)(H2,49,50,51)(H2,52,53,54);;;;/q;4*+1/t33-,36-,37-,38?,39-,40+,41?;;;;/m1..../s1. The van der Waals surface area contributed by atoms with Crippen molar-refractivity contribution in [2.24, 2.45) is 0 Å². The van der Waals surface area contributed by atoms with Crippen molar-refractivity contribution in [2.75, 3.05) is 13.2 Å². The van der Waals surface area contributed by atoms with Crippen LogP contribution in [0.15, 0.2) is 0 Å². The van der Waals surface area contributed by atoms with Crippen LogP contribution in [0.2, 0.25) is 0 Å². The summed E-state index contributed by atoms with van der Waals surface area (Å²) in [7, 11) is -23.0. The fraction of sp³-hybridized carbons (Fsp3) is 0.951. The van der Waals surface area contributed by atoms with Gasteiger partial charge in [0.1, 0.15) is 43.2 Å². The second kappa shape index (κ2) is 46.0. The van der Waals surface area contributed by atoms with Crippen LogP contribution < -0.4 is 118 Å². The Hall–Kier alpha value is 3.30. The van der Waals surface area contributed by atoms with E-state index >= 15 is 0 Å². The van der Waals surface area contributed by atoms with E-state index in [1.54, 1.807) is 0 Å². The van der Waals surface area contributed by atoms with Crippen molar-refractivity contribution in [1.82, 2.24) is 0 Å². The zero-order chi connectivity index (χ0) is 50.4. The van der Waals surface area contributed by atoms with Gasteiger partial charge < -0.3 is 53.9 Å². The molecule has 0 aromatic carbocycles. The van der Waals surface area contributed by atoms with Gasteiger partial charge in [0.25, 0.3) is 0 Å². The summed E-state index contributed by atoms with van der Waals surface area (Å²) in [6, 6.07) is 0. The zero-order valence-corrected chi connectivity index (χ0v) is 55.0. The van der Waals surface area contributed by atoms with Crippen molar-refractivity contribution in [3.63, 3.8) is 0 Å². The summed E-state index contributed by atoms with van der Waals surface area (Å²) >= 11 is 0. The summed E-state index contributed by atoms with van der Waals surface area (Å²) in [4.78, 5) is 92.7. The third-order valence-electron chi connectivity index (χ3n) is 11.1. The number of phosphoric ester groups is 4. The van der Waals surface area contributed by atoms with Crippen LogP contribution in [0.25, 0.3) is 0 Å². The van der Waals surface area contributed by atoms with Gasteiger partial charge in [-0.1, -0.05) is 168 Å². The molecule has 0 amide bonds. The molecule has 1 aliphatic carbocycles. The van der Waals surface area contributed by atoms with Crippen molar-refractivity contribution in [3.8, 4) is 0 Å². The maximum absolute atomic E-state index is 13.3. The van der Waals surface area contributed by atoms with Crippen LogP contribution >= 0.6 is 31.3 Å². The van der Waals surface area contributed by atoms with Gasteiger partial charge in [0.2, 0.25) is 0 Å². The Morgan fingerprint density at radius 3 is 1.03 bits per heavy atom. The van der Waals surface area contributed by atoms with E-state index in [-0.39, 0.29) is 131 Å². The predicted molar refractivity (Wildman–Crippen MR) is 245 cm³/mol. The van der Waals surface area contributed by atoms with Crippen molar-refractivity contribution in [1.29, 1.82) is 0 Å². The van der Waals surface area contributed by atoms with Crippen LogP contribution in [-0.4, -0.2) is 112 Å². The molecule has 0 aromatic rings. The molecule has 22 nitrogen and oxygen atoms in total. The van der Waals surface area contributed by atoms with E-state index in [9.17, 15) is 72.3 Å². The summed E-state index contributed by atoms with van der Waals surface area (Å²) in [6.45, 7) is 2.75. The van der Waals surface area contributed by atoms with Gasteiger partial charge in [-0.15, -0.1) is 0 Å². The number of carbonyl (C=O) groups excluding carboxylic acids is 2. The van der Waals surface area contributed by atoms with Gasteiger partial charge in [-0.3, -0.25) is 32.2 Å². The minimum Gasteiger partial charge on any atom is -0.462 e. The number of ether oxygens (including phenoxy) is 2. The van der Waals surface area contributed by atoms with Crippen molar-refractivity contribution < 1.29 is 223 Å². The number of unbranched alkanes of at least 4 members (excludes halogenated alkanes) is 24. The molecule has 9 N–H and O–H groups in total. The van der Waals surface area contributed by atoms with E-state index in [4.69, 9.17) is 18.5 Å². The molecule has 0 heterocycles. The molecule has 1 aliphatic rings. The van der Waals surface area contributed by atoms with Crippen molar-refractivity contribution >= 4 is 43.2 Å². The number of rotatable bonds is 42. The molecule has 0 spiro atoms. The zero-order valence-electron chi connectivity index (χ0n) is 43.4. The van der Waals surface area contributed by atoms with Gasteiger partial charge in [0.15, 0.2) is 6.10 Å². The van der Waals surface area contributed by atoms with Crippen LogP contribution in [0, 0.1) is 0 Å². The van der Waals surface area contributed by atoms with Crippen molar-refractivity contribution in [2.45, 2.75) is 236 Å². The normalized spacial score (nSPS) is 20.5. The fourth-order valence-electron chi connectivity index (χ4n) is 7.67. The predicted octanol–water partition coefficient (Wildman–Crippen LogP) is -3.91. The fourth-order valence-corrected chi connectivity index (χ4v) is 10.3. The molecule has 1 rings (SSSR count). The number of aliphatic hydroxyl groups excluding tert-OH is 2. The molecule has 0 saturated heterocycles. The van der Waals surface area contributed by atoms with E-state index in [2.05, 4.69) is 27.4 Å². The molecular weight excluding hydrogens is 1060 g/mol. The monoisotopic (exact) mass is 1140 g/mol. The molecule has 71 heavy (non-hydrogen) atoms. The van der Waals surface area contributed by atoms with Crippen molar-refractivity contribution in [3.05, 3.63) is 0 Å². The van der Waals surface area contributed by atoms with Gasteiger partial charge in [-0.05, 0) is 12.8 Å². The molecule has 8 atom stereocenters. The molecule has 1 saturated carbocycles. The average Bonchev–Trinajstić information content (AvgIpc) is 3.22. The largest absolute Gasteiger partial charge is 1.00 e. The third kappa shape index (κ3) is 43.7. The number of aliphatic hydroxyl groups is 2. The number of carbonyl (C=O) groups is 2. The molecular formula is C41H82Na4O22P4+4. The minimum atomic E-state index is -5.78. The Labute approximate surface area is 509 Å². The van der Waals surface area contributed by atoms with Gasteiger partial charge >= 0.3 is 161 Å². The first-order valence-corrected chi connectivity index (χ1v) is 30.2. The minimum absolute atomic E-state index is 0.